The third-order valence-corrected chi connectivity index (χ3v) is 6.18. The lowest BCUT2D eigenvalue weighted by Crippen LogP contribution is -2.23. The van der Waals surface area contributed by atoms with Gasteiger partial charge in [-0.1, -0.05) is 24.7 Å². The number of nitrogens with one attached hydrogen (secondary N) is 1. The Bertz CT molecular complexity index is 946. The van der Waals surface area contributed by atoms with Crippen LogP contribution in [0, 0.1) is 5.92 Å². The molecule has 0 aliphatic carbocycles. The van der Waals surface area contributed by atoms with Gasteiger partial charge >= 0.3 is 0 Å². The van der Waals surface area contributed by atoms with Crippen LogP contribution in [0.3, 0.4) is 0 Å². The molecule has 0 saturated carbocycles. The Kier molecular flexibility index (Phi) is 6.54. The number of thiazole rings is 1. The maximum Gasteiger partial charge on any atom is 0.259 e. The number of rotatable bonds is 7. The average molecular weight is 428 g/mol. The van der Waals surface area contributed by atoms with Gasteiger partial charge in [-0.2, -0.15) is 0 Å². The highest BCUT2D eigenvalue weighted by molar-refractivity contribution is 7.18. The molecule has 1 N–H and O–H groups in total. The third-order valence-electron chi connectivity index (χ3n) is 5.20. The Morgan fingerprint density at radius 3 is 2.73 bits per heavy atom. The van der Waals surface area contributed by atoms with E-state index >= 15 is 0 Å². The van der Waals surface area contributed by atoms with Crippen LogP contribution in [0.4, 0.5) is 5.13 Å². The van der Waals surface area contributed by atoms with Crippen LogP contribution in [0.5, 0.6) is 0 Å². The van der Waals surface area contributed by atoms with Gasteiger partial charge in [0, 0.05) is 37.4 Å². The predicted octanol–water partition coefficient (Wildman–Crippen LogP) is 4.11. The first-order valence-corrected chi connectivity index (χ1v) is 11.2. The van der Waals surface area contributed by atoms with Crippen molar-refractivity contribution in [2.24, 2.45) is 5.92 Å². The minimum absolute atomic E-state index is 0.0493. The Hall–Kier alpha value is -2.58. The fourth-order valence-corrected chi connectivity index (χ4v) is 4.55. The summed E-state index contributed by atoms with van der Waals surface area (Å²) in [5, 5.41) is 3.21. The molecule has 8 heteroatoms. The van der Waals surface area contributed by atoms with E-state index in [0.29, 0.717) is 59.7 Å². The summed E-state index contributed by atoms with van der Waals surface area (Å²) in [5.74, 6) is 0.289. The number of nitrogens with zero attached hydrogens (tertiary/aromatic N) is 2. The van der Waals surface area contributed by atoms with Crippen LogP contribution in [0.1, 0.15) is 64.0 Å². The zero-order valence-corrected chi connectivity index (χ0v) is 17.8. The smallest absolute Gasteiger partial charge is 0.259 e. The number of carbonyl (C=O) groups is 2. The van der Waals surface area contributed by atoms with Crippen LogP contribution in [-0.4, -0.2) is 41.5 Å². The minimum Gasteiger partial charge on any atom is -0.491 e. The van der Waals surface area contributed by atoms with Crippen molar-refractivity contribution in [3.8, 4) is 0 Å². The number of amides is 1. The molecule has 30 heavy (non-hydrogen) atoms. The van der Waals surface area contributed by atoms with Crippen molar-refractivity contribution in [3.05, 3.63) is 46.2 Å². The largest absolute Gasteiger partial charge is 0.491 e. The van der Waals surface area contributed by atoms with E-state index in [1.807, 2.05) is 12.1 Å². The molecule has 0 atom stereocenters. The van der Waals surface area contributed by atoms with Crippen LogP contribution in [0.25, 0.3) is 5.76 Å². The first-order chi connectivity index (χ1) is 14.7. The highest BCUT2D eigenvalue weighted by Crippen LogP contribution is 2.34. The molecule has 1 amide bonds. The highest BCUT2D eigenvalue weighted by atomic mass is 32.1. The Balaban J connectivity index is 1.55. The van der Waals surface area contributed by atoms with Crippen molar-refractivity contribution in [1.29, 1.82) is 0 Å². The molecular formula is C22H25N3O4S. The molecule has 158 valence electrons. The number of anilines is 1. The number of ketones is 1. The number of aryl methyl sites for hydroxylation is 1. The first-order valence-electron chi connectivity index (χ1n) is 10.4. The van der Waals surface area contributed by atoms with Crippen molar-refractivity contribution >= 4 is 33.9 Å². The van der Waals surface area contributed by atoms with Gasteiger partial charge in [0.25, 0.3) is 5.91 Å². The van der Waals surface area contributed by atoms with Crippen LogP contribution >= 0.6 is 11.3 Å². The molecule has 4 rings (SSSR count). The fourth-order valence-electron chi connectivity index (χ4n) is 3.57. The van der Waals surface area contributed by atoms with Crippen molar-refractivity contribution in [1.82, 2.24) is 9.97 Å². The van der Waals surface area contributed by atoms with Gasteiger partial charge in [-0.25, -0.2) is 4.98 Å². The van der Waals surface area contributed by atoms with E-state index in [9.17, 15) is 9.59 Å². The van der Waals surface area contributed by atoms with E-state index in [-0.39, 0.29) is 17.6 Å². The number of carbonyl (C=O) groups excluding carboxylic acids is 2. The summed E-state index contributed by atoms with van der Waals surface area (Å²) in [4.78, 5) is 35.2. The van der Waals surface area contributed by atoms with Gasteiger partial charge in [0.15, 0.2) is 10.9 Å². The summed E-state index contributed by atoms with van der Waals surface area (Å²) in [6, 6.07) is 3.63. The highest BCUT2D eigenvalue weighted by Gasteiger charge is 2.30. The second kappa shape index (κ2) is 9.49. The molecule has 1 saturated heterocycles. The lowest BCUT2D eigenvalue weighted by atomic mass is 9.94. The molecule has 0 spiro atoms. The van der Waals surface area contributed by atoms with Gasteiger partial charge in [-0.3, -0.25) is 19.9 Å². The van der Waals surface area contributed by atoms with Crippen LogP contribution < -0.4 is 5.32 Å². The fraction of sp³-hybridized carbons (Fsp3) is 0.455. The van der Waals surface area contributed by atoms with Crippen molar-refractivity contribution < 1.29 is 19.1 Å². The van der Waals surface area contributed by atoms with E-state index in [1.54, 1.807) is 12.3 Å². The van der Waals surface area contributed by atoms with E-state index in [0.717, 1.165) is 25.0 Å². The molecule has 0 aromatic carbocycles. The number of ether oxygens (including phenoxy) is 2. The maximum absolute atomic E-state index is 13.2. The van der Waals surface area contributed by atoms with Crippen LogP contribution in [0.15, 0.2) is 24.4 Å². The summed E-state index contributed by atoms with van der Waals surface area (Å²) >= 11 is 1.21. The number of Topliss-reactive ketones (excluding diaryl/α,β-unsaturated/α-hetero) is 1. The van der Waals surface area contributed by atoms with Gasteiger partial charge < -0.3 is 9.47 Å². The Morgan fingerprint density at radius 2 is 2.07 bits per heavy atom. The SMILES string of the molecule is CCCc1ccc(C(=O)Nc2nc(C3=CCCO3)c(C(=O)C3CCOCC3)s2)cn1. The van der Waals surface area contributed by atoms with E-state index in [4.69, 9.17) is 9.47 Å². The molecule has 2 aliphatic heterocycles. The molecule has 1 fully saturated rings. The maximum atomic E-state index is 13.2. The predicted molar refractivity (Wildman–Crippen MR) is 115 cm³/mol. The molecule has 2 aromatic heterocycles. The molecule has 2 aliphatic rings. The lowest BCUT2D eigenvalue weighted by Gasteiger charge is -2.20. The zero-order chi connectivity index (χ0) is 20.9. The average Bonchev–Trinajstić information content (AvgIpc) is 3.44. The van der Waals surface area contributed by atoms with Gasteiger partial charge in [0.05, 0.1) is 12.2 Å². The molecule has 4 heterocycles. The summed E-state index contributed by atoms with van der Waals surface area (Å²) in [5.41, 5.74) is 1.95. The van der Waals surface area contributed by atoms with E-state index < -0.39 is 0 Å². The number of pyridine rings is 1. The summed E-state index contributed by atoms with van der Waals surface area (Å²) in [6.07, 6.45) is 7.59. The van der Waals surface area contributed by atoms with Crippen LogP contribution in [-0.2, 0) is 15.9 Å². The van der Waals surface area contributed by atoms with E-state index in [1.165, 1.54) is 11.3 Å². The van der Waals surface area contributed by atoms with Crippen molar-refractivity contribution in [3.63, 3.8) is 0 Å². The molecule has 2 aromatic rings. The number of hydrogen-bond acceptors (Lipinski definition) is 7. The molecular weight excluding hydrogens is 402 g/mol. The Labute approximate surface area is 179 Å². The second-order valence-corrected chi connectivity index (χ2v) is 8.39. The molecule has 0 bridgehead atoms. The number of hydrogen-bond donors (Lipinski definition) is 1. The monoisotopic (exact) mass is 427 g/mol. The lowest BCUT2D eigenvalue weighted by molar-refractivity contribution is 0.0547. The van der Waals surface area contributed by atoms with Gasteiger partial charge in [0.2, 0.25) is 0 Å². The topological polar surface area (TPSA) is 90.4 Å². The van der Waals surface area contributed by atoms with Crippen LogP contribution in [0.2, 0.25) is 0 Å². The molecule has 0 radical (unpaired) electrons. The second-order valence-electron chi connectivity index (χ2n) is 7.40. The minimum atomic E-state index is -0.294. The first kappa shape index (κ1) is 20.7. The summed E-state index contributed by atoms with van der Waals surface area (Å²) in [7, 11) is 0. The third kappa shape index (κ3) is 4.60. The standard InChI is InChI=1S/C22H25N3O4S/c1-2-4-16-7-6-15(13-23-16)21(27)25-22-24-18(17-5-3-10-29-17)20(30-22)19(26)14-8-11-28-12-9-14/h5-7,13-14H,2-4,8-12H2,1H3,(H,24,25,27). The summed E-state index contributed by atoms with van der Waals surface area (Å²) in [6.45, 7) is 3.85. The quantitative estimate of drug-likeness (QED) is 0.669. The van der Waals surface area contributed by atoms with Gasteiger partial charge in [-0.05, 0) is 37.5 Å². The van der Waals surface area contributed by atoms with Gasteiger partial charge in [-0.15, -0.1) is 0 Å². The van der Waals surface area contributed by atoms with E-state index in [2.05, 4.69) is 22.2 Å². The van der Waals surface area contributed by atoms with Crippen molar-refractivity contribution in [2.75, 3.05) is 25.1 Å². The van der Waals surface area contributed by atoms with Gasteiger partial charge in [0.1, 0.15) is 16.3 Å². The Morgan fingerprint density at radius 1 is 1.23 bits per heavy atom. The normalized spacial score (nSPS) is 16.8. The van der Waals surface area contributed by atoms with Crippen molar-refractivity contribution in [2.45, 2.75) is 39.0 Å². The number of aromatic nitrogens is 2. The molecule has 0 unspecified atom stereocenters. The summed E-state index contributed by atoms with van der Waals surface area (Å²) < 4.78 is 11.0. The zero-order valence-electron chi connectivity index (χ0n) is 17.0. The molecule has 7 nitrogen and oxygen atoms in total.